The number of nitrogens with zero attached hydrogens (tertiary/aromatic N) is 2. The number of hydrogen-bond acceptors (Lipinski definition) is 4. The highest BCUT2D eigenvalue weighted by atomic mass is 16.3. The number of aliphatic hydroxyl groups is 1. The number of aliphatic hydroxyl groups excluding tert-OH is 1. The van der Waals surface area contributed by atoms with Gasteiger partial charge in [-0.3, -0.25) is 9.59 Å². The van der Waals surface area contributed by atoms with Crippen molar-refractivity contribution < 1.29 is 19.1 Å². The van der Waals surface area contributed by atoms with E-state index in [1.807, 2.05) is 66.3 Å². The van der Waals surface area contributed by atoms with Crippen molar-refractivity contribution in [1.82, 2.24) is 14.5 Å². The van der Waals surface area contributed by atoms with E-state index < -0.39 is 17.7 Å². The van der Waals surface area contributed by atoms with Gasteiger partial charge in [-0.25, -0.2) is 0 Å². The van der Waals surface area contributed by atoms with E-state index in [1.165, 1.54) is 11.2 Å². The average Bonchev–Trinajstić information content (AvgIpc) is 3.63. The highest BCUT2D eigenvalue weighted by Crippen LogP contribution is 2.43. The van der Waals surface area contributed by atoms with Crippen LogP contribution in [0, 0.1) is 0 Å². The van der Waals surface area contributed by atoms with E-state index in [-0.39, 0.29) is 17.9 Å². The average molecular weight is 451 g/mol. The van der Waals surface area contributed by atoms with Gasteiger partial charge in [-0.05, 0) is 24.3 Å². The van der Waals surface area contributed by atoms with Crippen LogP contribution in [0.25, 0.3) is 27.6 Å². The van der Waals surface area contributed by atoms with Gasteiger partial charge in [0.05, 0.1) is 24.4 Å². The maximum atomic E-state index is 13.4. The van der Waals surface area contributed by atoms with Gasteiger partial charge in [0.15, 0.2) is 0 Å². The third-order valence-corrected chi connectivity index (χ3v) is 6.51. The number of carbonyl (C=O) groups excluding carboxylic acids is 2. The number of benzene rings is 2. The maximum absolute atomic E-state index is 13.4. The van der Waals surface area contributed by atoms with Crippen molar-refractivity contribution >= 4 is 39.3 Å². The Kier molecular flexibility index (Phi) is 4.45. The lowest BCUT2D eigenvalue weighted by Gasteiger charge is -2.24. The standard InChI is InChI=1S/C27H21N3O4/c1-29-15-20(18-9-3-5-11-22(18)29)24-23(25(31)19-13-28-21-10-4-2-8-17(19)21)26(32)27(33)30(24)14-16-7-6-12-34-16/h2-13,15,24,28,31H,14H2,1H3/b25-23+. The van der Waals surface area contributed by atoms with Crippen LogP contribution in [0.4, 0.5) is 0 Å². The van der Waals surface area contributed by atoms with Crippen LogP contribution in [-0.2, 0) is 23.2 Å². The molecule has 168 valence electrons. The van der Waals surface area contributed by atoms with Crippen LogP contribution >= 0.6 is 0 Å². The second-order valence-electron chi connectivity index (χ2n) is 8.47. The minimum absolute atomic E-state index is 0.0673. The van der Waals surface area contributed by atoms with Crippen molar-refractivity contribution in [2.45, 2.75) is 12.6 Å². The Balaban J connectivity index is 1.61. The molecule has 1 atom stereocenters. The van der Waals surface area contributed by atoms with E-state index in [0.717, 1.165) is 27.4 Å². The summed E-state index contributed by atoms with van der Waals surface area (Å²) >= 11 is 0. The molecule has 0 radical (unpaired) electrons. The summed E-state index contributed by atoms with van der Waals surface area (Å²) in [7, 11) is 1.92. The predicted molar refractivity (Wildman–Crippen MR) is 128 cm³/mol. The van der Waals surface area contributed by atoms with Crippen molar-refractivity contribution in [2.24, 2.45) is 7.05 Å². The van der Waals surface area contributed by atoms with Gasteiger partial charge >= 0.3 is 0 Å². The summed E-state index contributed by atoms with van der Waals surface area (Å²) < 4.78 is 7.45. The van der Waals surface area contributed by atoms with Crippen molar-refractivity contribution in [3.05, 3.63) is 102 Å². The van der Waals surface area contributed by atoms with Gasteiger partial charge in [0, 0.05) is 52.4 Å². The summed E-state index contributed by atoms with van der Waals surface area (Å²) in [5, 5.41) is 13.2. The van der Waals surface area contributed by atoms with E-state index >= 15 is 0 Å². The van der Waals surface area contributed by atoms with Gasteiger partial charge in [0.25, 0.3) is 11.7 Å². The number of likely N-dealkylation sites (tertiary alicyclic amines) is 1. The second-order valence-corrected chi connectivity index (χ2v) is 8.47. The number of aromatic nitrogens is 2. The molecule has 6 rings (SSSR count). The van der Waals surface area contributed by atoms with Crippen LogP contribution in [0.3, 0.4) is 0 Å². The van der Waals surface area contributed by atoms with Crippen molar-refractivity contribution in [2.75, 3.05) is 0 Å². The molecule has 4 heterocycles. The van der Waals surface area contributed by atoms with Gasteiger partial charge < -0.3 is 24.0 Å². The number of rotatable bonds is 4. The first kappa shape index (κ1) is 20.1. The zero-order valence-corrected chi connectivity index (χ0v) is 18.4. The van der Waals surface area contributed by atoms with Crippen LogP contribution in [0.1, 0.15) is 22.9 Å². The molecular formula is C27H21N3O4. The van der Waals surface area contributed by atoms with Crippen LogP contribution in [0.15, 0.2) is 89.3 Å². The van der Waals surface area contributed by atoms with E-state index in [4.69, 9.17) is 4.42 Å². The highest BCUT2D eigenvalue weighted by molar-refractivity contribution is 6.46. The van der Waals surface area contributed by atoms with Gasteiger partial charge in [0.2, 0.25) is 0 Å². The number of ketones is 1. The Labute approximate surface area is 194 Å². The lowest BCUT2D eigenvalue weighted by atomic mass is 9.94. The third kappa shape index (κ3) is 2.90. The molecule has 0 saturated carbocycles. The molecule has 0 spiro atoms. The predicted octanol–water partition coefficient (Wildman–Crippen LogP) is 4.87. The van der Waals surface area contributed by atoms with Gasteiger partial charge in [0.1, 0.15) is 11.5 Å². The molecule has 1 aliphatic heterocycles. The Morgan fingerprint density at radius 2 is 1.79 bits per heavy atom. The van der Waals surface area contributed by atoms with Gasteiger partial charge in [-0.2, -0.15) is 0 Å². The topological polar surface area (TPSA) is 91.5 Å². The Bertz CT molecular complexity index is 1600. The lowest BCUT2D eigenvalue weighted by molar-refractivity contribution is -0.140. The first-order valence-electron chi connectivity index (χ1n) is 11.0. The molecule has 1 fully saturated rings. The third-order valence-electron chi connectivity index (χ3n) is 6.51. The summed E-state index contributed by atoms with van der Waals surface area (Å²) in [6, 6.07) is 18.1. The zero-order chi connectivity index (χ0) is 23.4. The fraction of sp³-hybridized carbons (Fsp3) is 0.111. The zero-order valence-electron chi connectivity index (χ0n) is 18.4. The minimum Gasteiger partial charge on any atom is -0.507 e. The highest BCUT2D eigenvalue weighted by Gasteiger charge is 2.47. The van der Waals surface area contributed by atoms with E-state index in [1.54, 1.807) is 18.3 Å². The smallest absolute Gasteiger partial charge is 0.296 e. The molecule has 2 N–H and O–H groups in total. The van der Waals surface area contributed by atoms with E-state index in [2.05, 4.69) is 4.98 Å². The molecule has 0 bridgehead atoms. The minimum atomic E-state index is -0.773. The molecule has 2 aromatic carbocycles. The number of hydrogen-bond donors (Lipinski definition) is 2. The van der Waals surface area contributed by atoms with Crippen LogP contribution < -0.4 is 0 Å². The Morgan fingerprint density at radius 3 is 2.59 bits per heavy atom. The Morgan fingerprint density at radius 1 is 1.03 bits per heavy atom. The van der Waals surface area contributed by atoms with Crippen molar-refractivity contribution in [1.29, 1.82) is 0 Å². The number of amides is 1. The normalized spacial score (nSPS) is 17.9. The number of H-pyrrole nitrogens is 1. The quantitative estimate of drug-likeness (QED) is 0.232. The molecule has 34 heavy (non-hydrogen) atoms. The molecule has 1 unspecified atom stereocenters. The number of carbonyl (C=O) groups is 2. The van der Waals surface area contributed by atoms with Crippen molar-refractivity contribution in [3.8, 4) is 0 Å². The fourth-order valence-electron chi connectivity index (χ4n) is 4.94. The van der Waals surface area contributed by atoms with Crippen LogP contribution in [-0.4, -0.2) is 31.2 Å². The monoisotopic (exact) mass is 451 g/mol. The van der Waals surface area contributed by atoms with Gasteiger partial charge in [-0.15, -0.1) is 0 Å². The molecule has 1 aliphatic rings. The summed E-state index contributed by atoms with van der Waals surface area (Å²) in [5.41, 5.74) is 3.11. The summed E-state index contributed by atoms with van der Waals surface area (Å²) in [6.45, 7) is 0.107. The van der Waals surface area contributed by atoms with Crippen LogP contribution in [0.2, 0.25) is 0 Å². The largest absolute Gasteiger partial charge is 0.507 e. The van der Waals surface area contributed by atoms with Crippen LogP contribution in [0.5, 0.6) is 0 Å². The van der Waals surface area contributed by atoms with Crippen molar-refractivity contribution in [3.63, 3.8) is 0 Å². The lowest BCUT2D eigenvalue weighted by Crippen LogP contribution is -2.29. The summed E-state index contributed by atoms with van der Waals surface area (Å²) in [4.78, 5) is 31.3. The number of aromatic amines is 1. The first-order chi connectivity index (χ1) is 16.5. The SMILES string of the molecule is Cn1cc(C2/C(=C(\O)c3c[nH]c4ccccc34)C(=O)C(=O)N2Cc2ccco2)c2ccccc21. The number of aryl methyl sites for hydroxylation is 1. The van der Waals surface area contributed by atoms with Gasteiger partial charge in [-0.1, -0.05) is 36.4 Å². The second kappa shape index (κ2) is 7.52. The van der Waals surface area contributed by atoms with E-state index in [9.17, 15) is 14.7 Å². The molecule has 7 heteroatoms. The number of nitrogens with one attached hydrogen (secondary N) is 1. The molecule has 1 saturated heterocycles. The Hall–Kier alpha value is -4.52. The molecular weight excluding hydrogens is 430 g/mol. The number of fused-ring (bicyclic) bond motifs is 2. The number of para-hydroxylation sites is 2. The number of Topliss-reactive ketones (excluding diaryl/α,β-unsaturated/α-hetero) is 1. The molecule has 1 amide bonds. The molecule has 5 aromatic rings. The molecule has 0 aliphatic carbocycles. The first-order valence-corrected chi connectivity index (χ1v) is 11.0. The van der Waals surface area contributed by atoms with E-state index in [0.29, 0.717) is 11.3 Å². The maximum Gasteiger partial charge on any atom is 0.296 e. The molecule has 7 nitrogen and oxygen atoms in total. The summed E-state index contributed by atoms with van der Waals surface area (Å²) in [6.07, 6.45) is 5.11. The molecule has 3 aromatic heterocycles. The summed E-state index contributed by atoms with van der Waals surface area (Å²) in [5.74, 6) is -1.03. The number of furan rings is 1. The fourth-order valence-corrected chi connectivity index (χ4v) is 4.94.